The van der Waals surface area contributed by atoms with Crippen LogP contribution in [0.25, 0.3) is 4.96 Å². The number of carbonyl (C=O) groups excluding carboxylic acids is 1. The Labute approximate surface area is 126 Å². The Morgan fingerprint density at radius 2 is 2.29 bits per heavy atom. The largest absolute Gasteiger partial charge is 0.480 e. The zero-order valence-electron chi connectivity index (χ0n) is 11.8. The third kappa shape index (κ3) is 2.65. The molecule has 0 bridgehead atoms. The number of hydrogen-bond acceptors (Lipinski definition) is 4. The molecular formula is C14H17N3O3S. The Hall–Kier alpha value is -1.89. The monoisotopic (exact) mass is 307 g/mol. The molecule has 1 fully saturated rings. The number of carbonyl (C=O) groups is 2. The molecule has 1 N–H and O–H groups in total. The molecule has 3 heterocycles. The van der Waals surface area contributed by atoms with Gasteiger partial charge < -0.3 is 10.0 Å². The number of rotatable bonds is 3. The van der Waals surface area contributed by atoms with Gasteiger partial charge >= 0.3 is 5.97 Å². The number of fused-ring (bicyclic) bond motifs is 1. The van der Waals surface area contributed by atoms with E-state index in [2.05, 4.69) is 4.98 Å². The lowest BCUT2D eigenvalue weighted by atomic mass is 10.0. The summed E-state index contributed by atoms with van der Waals surface area (Å²) in [5, 5.41) is 11.2. The van der Waals surface area contributed by atoms with Crippen LogP contribution in [0.15, 0.2) is 11.6 Å². The van der Waals surface area contributed by atoms with Crippen LogP contribution in [0.5, 0.6) is 0 Å². The van der Waals surface area contributed by atoms with Gasteiger partial charge in [-0.3, -0.25) is 9.20 Å². The van der Waals surface area contributed by atoms with Gasteiger partial charge in [0.05, 0.1) is 12.1 Å². The molecule has 2 aromatic heterocycles. The van der Waals surface area contributed by atoms with Crippen molar-refractivity contribution in [3.05, 3.63) is 23.0 Å². The van der Waals surface area contributed by atoms with Gasteiger partial charge in [-0.05, 0) is 26.2 Å². The summed E-state index contributed by atoms with van der Waals surface area (Å²) >= 11 is 1.50. The van der Waals surface area contributed by atoms with E-state index in [9.17, 15) is 14.7 Å². The first-order valence-corrected chi connectivity index (χ1v) is 7.88. The number of likely N-dealkylation sites (tertiary alicyclic amines) is 1. The third-order valence-electron chi connectivity index (χ3n) is 3.84. The standard InChI is InChI=1S/C14H17N3O3S/c1-9-7-17-10(8-21-14(17)15-9)6-12(18)16-5-3-2-4-11(16)13(19)20/h7-8,11H,2-6H2,1H3,(H,19,20)/t11-/m1/s1. The molecule has 3 rings (SSSR count). The number of imidazole rings is 1. The minimum atomic E-state index is -0.906. The molecule has 0 radical (unpaired) electrons. The van der Waals surface area contributed by atoms with Crippen molar-refractivity contribution in [2.75, 3.05) is 6.54 Å². The van der Waals surface area contributed by atoms with Crippen LogP contribution in [0.3, 0.4) is 0 Å². The van der Waals surface area contributed by atoms with E-state index >= 15 is 0 Å². The van der Waals surface area contributed by atoms with E-state index in [-0.39, 0.29) is 12.3 Å². The highest BCUT2D eigenvalue weighted by atomic mass is 32.1. The SMILES string of the molecule is Cc1cn2c(CC(=O)N3CCCC[C@@H]3C(=O)O)csc2n1. The summed E-state index contributed by atoms with van der Waals surface area (Å²) in [6, 6.07) is -0.676. The Bertz CT molecular complexity index is 691. The normalized spacial score (nSPS) is 19.1. The first kappa shape index (κ1) is 14.1. The van der Waals surface area contributed by atoms with E-state index in [1.54, 1.807) is 0 Å². The molecule has 1 atom stereocenters. The van der Waals surface area contributed by atoms with Gasteiger partial charge in [0.15, 0.2) is 4.96 Å². The number of aryl methyl sites for hydroxylation is 1. The molecule has 0 spiro atoms. The van der Waals surface area contributed by atoms with E-state index in [0.717, 1.165) is 29.2 Å². The minimum absolute atomic E-state index is 0.117. The number of thiazole rings is 1. The van der Waals surface area contributed by atoms with Crippen molar-refractivity contribution in [2.24, 2.45) is 0 Å². The van der Waals surface area contributed by atoms with Crippen molar-refractivity contribution in [3.63, 3.8) is 0 Å². The quantitative estimate of drug-likeness (QED) is 0.937. The molecule has 112 valence electrons. The van der Waals surface area contributed by atoms with E-state index in [0.29, 0.717) is 13.0 Å². The zero-order valence-corrected chi connectivity index (χ0v) is 12.6. The third-order valence-corrected chi connectivity index (χ3v) is 4.73. The lowest BCUT2D eigenvalue weighted by molar-refractivity contribution is -0.151. The molecule has 1 aliphatic rings. The van der Waals surface area contributed by atoms with Crippen molar-refractivity contribution < 1.29 is 14.7 Å². The van der Waals surface area contributed by atoms with Gasteiger partial charge in [0, 0.05) is 23.8 Å². The molecule has 21 heavy (non-hydrogen) atoms. The molecule has 0 aromatic carbocycles. The van der Waals surface area contributed by atoms with E-state index in [1.807, 2.05) is 22.9 Å². The number of piperidine rings is 1. The van der Waals surface area contributed by atoms with Crippen LogP contribution in [0.2, 0.25) is 0 Å². The van der Waals surface area contributed by atoms with Crippen LogP contribution in [0, 0.1) is 6.92 Å². The second-order valence-corrected chi connectivity index (χ2v) is 6.21. The van der Waals surface area contributed by atoms with E-state index in [4.69, 9.17) is 0 Å². The van der Waals surface area contributed by atoms with Crippen molar-refractivity contribution in [2.45, 2.75) is 38.6 Å². The van der Waals surface area contributed by atoms with Gasteiger partial charge in [-0.25, -0.2) is 9.78 Å². The molecule has 2 aromatic rings. The predicted molar refractivity (Wildman–Crippen MR) is 78.5 cm³/mol. The van der Waals surface area contributed by atoms with Crippen LogP contribution in [0.1, 0.15) is 30.7 Å². The molecule has 0 aliphatic carbocycles. The van der Waals surface area contributed by atoms with Gasteiger partial charge in [-0.15, -0.1) is 11.3 Å². The van der Waals surface area contributed by atoms with Crippen molar-refractivity contribution in [1.29, 1.82) is 0 Å². The van der Waals surface area contributed by atoms with Crippen LogP contribution >= 0.6 is 11.3 Å². The van der Waals surface area contributed by atoms with Crippen molar-refractivity contribution in [1.82, 2.24) is 14.3 Å². The number of carboxylic acid groups (broad SMARTS) is 1. The van der Waals surface area contributed by atoms with Crippen LogP contribution in [-0.2, 0) is 16.0 Å². The highest BCUT2D eigenvalue weighted by molar-refractivity contribution is 7.15. The maximum absolute atomic E-state index is 12.5. The molecule has 1 aliphatic heterocycles. The summed E-state index contributed by atoms with van der Waals surface area (Å²) in [7, 11) is 0. The number of carboxylic acids is 1. The number of aliphatic carboxylic acids is 1. The second-order valence-electron chi connectivity index (χ2n) is 5.38. The molecule has 1 saturated heterocycles. The number of nitrogens with zero attached hydrogens (tertiary/aromatic N) is 3. The lowest BCUT2D eigenvalue weighted by Crippen LogP contribution is -2.48. The van der Waals surface area contributed by atoms with Gasteiger partial charge in [0.1, 0.15) is 6.04 Å². The fraction of sp³-hybridized carbons (Fsp3) is 0.500. The minimum Gasteiger partial charge on any atom is -0.480 e. The molecular weight excluding hydrogens is 290 g/mol. The van der Waals surface area contributed by atoms with Crippen molar-refractivity contribution >= 4 is 28.2 Å². The Morgan fingerprint density at radius 1 is 1.48 bits per heavy atom. The maximum Gasteiger partial charge on any atom is 0.326 e. The lowest BCUT2D eigenvalue weighted by Gasteiger charge is -2.32. The first-order chi connectivity index (χ1) is 10.1. The average molecular weight is 307 g/mol. The Balaban J connectivity index is 1.80. The predicted octanol–water partition coefficient (Wildman–Crippen LogP) is 1.71. The summed E-state index contributed by atoms with van der Waals surface area (Å²) in [6.45, 7) is 2.45. The topological polar surface area (TPSA) is 74.9 Å². The van der Waals surface area contributed by atoms with Gasteiger partial charge in [0.2, 0.25) is 5.91 Å². The zero-order chi connectivity index (χ0) is 15.0. The summed E-state index contributed by atoms with van der Waals surface area (Å²) in [5.74, 6) is -1.02. The number of hydrogen-bond donors (Lipinski definition) is 1. The summed E-state index contributed by atoms with van der Waals surface area (Å²) in [5.41, 5.74) is 1.78. The van der Waals surface area contributed by atoms with Crippen molar-refractivity contribution in [3.8, 4) is 0 Å². The second kappa shape index (κ2) is 5.48. The summed E-state index contributed by atoms with van der Waals surface area (Å²) in [4.78, 5) is 30.5. The molecule has 7 heteroatoms. The smallest absolute Gasteiger partial charge is 0.326 e. The fourth-order valence-corrected chi connectivity index (χ4v) is 3.73. The van der Waals surface area contributed by atoms with Gasteiger partial charge in [0.25, 0.3) is 0 Å². The first-order valence-electron chi connectivity index (χ1n) is 7.00. The molecule has 1 amide bonds. The number of amides is 1. The fourth-order valence-electron chi connectivity index (χ4n) is 2.81. The van der Waals surface area contributed by atoms with Gasteiger partial charge in [-0.2, -0.15) is 0 Å². The number of aromatic nitrogens is 2. The summed E-state index contributed by atoms with van der Waals surface area (Å²) < 4.78 is 1.91. The summed E-state index contributed by atoms with van der Waals surface area (Å²) in [6.07, 6.45) is 4.41. The van der Waals surface area contributed by atoms with E-state index in [1.165, 1.54) is 16.2 Å². The van der Waals surface area contributed by atoms with Crippen LogP contribution in [-0.4, -0.2) is 43.9 Å². The van der Waals surface area contributed by atoms with E-state index < -0.39 is 12.0 Å². The Morgan fingerprint density at radius 3 is 3.05 bits per heavy atom. The van der Waals surface area contributed by atoms with Crippen LogP contribution in [0.4, 0.5) is 0 Å². The van der Waals surface area contributed by atoms with Gasteiger partial charge in [-0.1, -0.05) is 0 Å². The molecule has 0 saturated carbocycles. The highest BCUT2D eigenvalue weighted by Crippen LogP contribution is 2.21. The Kier molecular flexibility index (Phi) is 3.67. The van der Waals surface area contributed by atoms with Crippen LogP contribution < -0.4 is 0 Å². The average Bonchev–Trinajstić information content (AvgIpc) is 2.99. The highest BCUT2D eigenvalue weighted by Gasteiger charge is 2.32. The molecule has 6 nitrogen and oxygen atoms in total. The maximum atomic E-state index is 12.5. The molecule has 0 unspecified atom stereocenters.